The van der Waals surface area contributed by atoms with E-state index in [0.717, 1.165) is 12.8 Å². The molecule has 2 aliphatic heterocycles. The van der Waals surface area contributed by atoms with E-state index < -0.39 is 30.5 Å². The number of hydrogen-bond acceptors (Lipinski definition) is 3. The number of carbonyl (C=O) groups is 3. The van der Waals surface area contributed by atoms with Gasteiger partial charge in [-0.05, 0) is 31.0 Å². The third-order valence-electron chi connectivity index (χ3n) is 4.82. The fourth-order valence-electron chi connectivity index (χ4n) is 3.45. The molecule has 6 nitrogen and oxygen atoms in total. The van der Waals surface area contributed by atoms with E-state index in [9.17, 15) is 27.6 Å². The Bertz CT molecular complexity index is 794. The highest BCUT2D eigenvalue weighted by Crippen LogP contribution is 2.28. The Morgan fingerprint density at radius 3 is 2.54 bits per heavy atom. The van der Waals surface area contributed by atoms with Crippen LogP contribution in [0.25, 0.3) is 0 Å². The van der Waals surface area contributed by atoms with Crippen LogP contribution in [0, 0.1) is 5.92 Å². The molecule has 1 atom stereocenters. The topological polar surface area (TPSA) is 69.7 Å². The molecule has 1 aromatic carbocycles. The van der Waals surface area contributed by atoms with Crippen LogP contribution in [-0.2, 0) is 9.59 Å². The zero-order valence-electron chi connectivity index (χ0n) is 14.9. The third kappa shape index (κ3) is 4.76. The van der Waals surface area contributed by atoms with Crippen LogP contribution in [-0.4, -0.2) is 59.9 Å². The van der Waals surface area contributed by atoms with Crippen LogP contribution >= 0.6 is 11.6 Å². The number of hydrogen-bond donors (Lipinski definition) is 1. The van der Waals surface area contributed by atoms with E-state index in [2.05, 4.69) is 5.32 Å². The van der Waals surface area contributed by atoms with Crippen molar-refractivity contribution >= 4 is 35.0 Å². The summed E-state index contributed by atoms with van der Waals surface area (Å²) < 4.78 is 37.6. The number of halogens is 4. The first kappa shape index (κ1) is 20.4. The minimum atomic E-state index is -4.52. The summed E-state index contributed by atoms with van der Waals surface area (Å²) in [5.74, 6) is -2.51. The highest BCUT2D eigenvalue weighted by Gasteiger charge is 2.40. The minimum absolute atomic E-state index is 0.191. The van der Waals surface area contributed by atoms with E-state index in [4.69, 9.17) is 11.6 Å². The van der Waals surface area contributed by atoms with Gasteiger partial charge in [0.25, 0.3) is 5.91 Å². The number of nitrogens with one attached hydrogen (secondary N) is 1. The van der Waals surface area contributed by atoms with Gasteiger partial charge in [-0.25, -0.2) is 0 Å². The highest BCUT2D eigenvalue weighted by molar-refractivity contribution is 6.31. The van der Waals surface area contributed by atoms with Crippen molar-refractivity contribution in [3.05, 3.63) is 28.8 Å². The molecule has 3 amide bonds. The number of rotatable bonds is 4. The summed E-state index contributed by atoms with van der Waals surface area (Å²) in [4.78, 5) is 39.3. The minimum Gasteiger partial charge on any atom is -0.339 e. The Labute approximate surface area is 164 Å². The highest BCUT2D eigenvalue weighted by atomic mass is 35.5. The molecule has 1 aromatic rings. The second-order valence-corrected chi connectivity index (χ2v) is 7.41. The van der Waals surface area contributed by atoms with Crippen LogP contribution in [0.2, 0.25) is 5.02 Å². The number of alkyl halides is 3. The normalized spacial score (nSPS) is 20.0. The van der Waals surface area contributed by atoms with Gasteiger partial charge in [0.2, 0.25) is 11.8 Å². The van der Waals surface area contributed by atoms with Gasteiger partial charge in [-0.1, -0.05) is 11.6 Å². The maximum Gasteiger partial charge on any atom is 0.406 e. The quantitative estimate of drug-likeness (QED) is 0.819. The molecule has 152 valence electrons. The Kier molecular flexibility index (Phi) is 5.83. The van der Waals surface area contributed by atoms with Gasteiger partial charge in [0.15, 0.2) is 0 Å². The molecule has 3 rings (SSSR count). The van der Waals surface area contributed by atoms with Crippen molar-refractivity contribution in [2.45, 2.75) is 25.4 Å². The lowest BCUT2D eigenvalue weighted by atomic mass is 10.1. The smallest absolute Gasteiger partial charge is 0.339 e. The first-order valence-electron chi connectivity index (χ1n) is 8.88. The van der Waals surface area contributed by atoms with E-state index in [1.165, 1.54) is 18.2 Å². The summed E-state index contributed by atoms with van der Waals surface area (Å²) in [7, 11) is 0. The molecule has 0 aliphatic carbocycles. The van der Waals surface area contributed by atoms with Crippen molar-refractivity contribution in [1.82, 2.24) is 9.80 Å². The monoisotopic (exact) mass is 417 g/mol. The molecule has 0 spiro atoms. The van der Waals surface area contributed by atoms with Crippen LogP contribution in [0.3, 0.4) is 0 Å². The fraction of sp³-hybridized carbons (Fsp3) is 0.500. The molecule has 2 heterocycles. The predicted octanol–water partition coefficient (Wildman–Crippen LogP) is 2.93. The fourth-order valence-corrected chi connectivity index (χ4v) is 3.62. The number of anilines is 1. The lowest BCUT2D eigenvalue weighted by molar-refractivity contribution is -0.157. The van der Waals surface area contributed by atoms with Gasteiger partial charge < -0.3 is 15.1 Å². The summed E-state index contributed by atoms with van der Waals surface area (Å²) in [5, 5.41) is 2.87. The molecular formula is C18H19ClF3N3O3. The SMILES string of the molecule is O=C(Nc1cc(Cl)ccc1C(=O)N1CCCC1)C1CC(=O)N(CC(F)(F)F)C1. The van der Waals surface area contributed by atoms with Crippen molar-refractivity contribution in [2.24, 2.45) is 5.92 Å². The van der Waals surface area contributed by atoms with Crippen molar-refractivity contribution < 1.29 is 27.6 Å². The number of benzene rings is 1. The summed E-state index contributed by atoms with van der Waals surface area (Å²) >= 11 is 5.98. The van der Waals surface area contributed by atoms with Gasteiger partial charge in [-0.3, -0.25) is 14.4 Å². The Hall–Kier alpha value is -2.29. The average Bonchev–Trinajstić information content (AvgIpc) is 3.24. The molecule has 2 saturated heterocycles. The lowest BCUT2D eigenvalue weighted by Crippen LogP contribution is -2.36. The van der Waals surface area contributed by atoms with Gasteiger partial charge in [0, 0.05) is 31.1 Å². The van der Waals surface area contributed by atoms with Gasteiger partial charge in [-0.2, -0.15) is 13.2 Å². The van der Waals surface area contributed by atoms with Crippen LogP contribution in [0.1, 0.15) is 29.6 Å². The third-order valence-corrected chi connectivity index (χ3v) is 5.05. The van der Waals surface area contributed by atoms with Crippen LogP contribution in [0.15, 0.2) is 18.2 Å². The van der Waals surface area contributed by atoms with Crippen LogP contribution in [0.5, 0.6) is 0 Å². The molecule has 1 N–H and O–H groups in total. The van der Waals surface area contributed by atoms with Crippen molar-refractivity contribution in [1.29, 1.82) is 0 Å². The van der Waals surface area contributed by atoms with E-state index in [-0.39, 0.29) is 30.1 Å². The van der Waals surface area contributed by atoms with Crippen LogP contribution in [0.4, 0.5) is 18.9 Å². The van der Waals surface area contributed by atoms with E-state index >= 15 is 0 Å². The van der Waals surface area contributed by atoms with Gasteiger partial charge in [0.05, 0.1) is 17.2 Å². The largest absolute Gasteiger partial charge is 0.406 e. The number of likely N-dealkylation sites (tertiary alicyclic amines) is 2. The molecular weight excluding hydrogens is 399 g/mol. The van der Waals surface area contributed by atoms with Gasteiger partial charge in [0.1, 0.15) is 6.54 Å². The average molecular weight is 418 g/mol. The van der Waals surface area contributed by atoms with Crippen molar-refractivity contribution in [3.63, 3.8) is 0 Å². The molecule has 0 saturated carbocycles. The second kappa shape index (κ2) is 7.98. The molecule has 0 bridgehead atoms. The van der Waals surface area contributed by atoms with E-state index in [0.29, 0.717) is 23.0 Å². The Morgan fingerprint density at radius 2 is 1.89 bits per heavy atom. The number of carbonyl (C=O) groups excluding carboxylic acids is 3. The number of nitrogens with zero attached hydrogens (tertiary/aromatic N) is 2. The number of amides is 3. The molecule has 0 radical (unpaired) electrons. The summed E-state index contributed by atoms with van der Waals surface area (Å²) in [5.41, 5.74) is 0.451. The maximum absolute atomic E-state index is 12.7. The molecule has 2 aliphatic rings. The Morgan fingerprint density at radius 1 is 1.21 bits per heavy atom. The van der Waals surface area contributed by atoms with Crippen LogP contribution < -0.4 is 5.32 Å². The zero-order chi connectivity index (χ0) is 20.5. The second-order valence-electron chi connectivity index (χ2n) is 6.97. The van der Waals surface area contributed by atoms with E-state index in [1.807, 2.05) is 0 Å². The Balaban J connectivity index is 1.73. The van der Waals surface area contributed by atoms with Gasteiger partial charge in [-0.15, -0.1) is 0 Å². The molecule has 1 unspecified atom stereocenters. The van der Waals surface area contributed by atoms with Crippen molar-refractivity contribution in [3.8, 4) is 0 Å². The predicted molar refractivity (Wildman–Crippen MR) is 96.0 cm³/mol. The molecule has 28 heavy (non-hydrogen) atoms. The summed E-state index contributed by atoms with van der Waals surface area (Å²) in [6, 6.07) is 4.46. The first-order chi connectivity index (χ1) is 13.1. The molecule has 2 fully saturated rings. The zero-order valence-corrected chi connectivity index (χ0v) is 15.6. The molecule has 10 heteroatoms. The van der Waals surface area contributed by atoms with E-state index in [1.54, 1.807) is 4.90 Å². The lowest BCUT2D eigenvalue weighted by Gasteiger charge is -2.20. The summed E-state index contributed by atoms with van der Waals surface area (Å²) in [6.45, 7) is -0.456. The molecule has 0 aromatic heterocycles. The standard InChI is InChI=1S/C18H19ClF3N3O3/c19-12-3-4-13(17(28)24-5-1-2-6-24)14(8-12)23-16(27)11-7-15(26)25(9-11)10-18(20,21)22/h3-4,8,11H,1-2,5-7,9-10H2,(H,23,27). The maximum atomic E-state index is 12.7. The van der Waals surface area contributed by atoms with Gasteiger partial charge >= 0.3 is 6.18 Å². The summed E-state index contributed by atoms with van der Waals surface area (Å²) in [6.07, 6.45) is -3.03. The first-order valence-corrected chi connectivity index (χ1v) is 9.26. The van der Waals surface area contributed by atoms with Crippen molar-refractivity contribution in [2.75, 3.05) is 31.5 Å².